The molecule has 0 spiro atoms. The van der Waals surface area contributed by atoms with Crippen molar-refractivity contribution in [1.82, 2.24) is 20.1 Å². The summed E-state index contributed by atoms with van der Waals surface area (Å²) in [5.41, 5.74) is 1.19. The SMILES string of the molecule is CCn1ncnc1CC(NC)c1cccc(OC)c1. The predicted molar refractivity (Wildman–Crippen MR) is 74.2 cm³/mol. The number of nitrogens with zero attached hydrogens (tertiary/aromatic N) is 3. The molecule has 5 nitrogen and oxygen atoms in total. The molecule has 0 aliphatic rings. The molecule has 0 radical (unpaired) electrons. The molecule has 102 valence electrons. The average Bonchev–Trinajstić information content (AvgIpc) is 2.92. The number of ether oxygens (including phenoxy) is 1. The quantitative estimate of drug-likeness (QED) is 0.860. The maximum absolute atomic E-state index is 5.27. The first-order chi connectivity index (χ1) is 9.28. The minimum atomic E-state index is 0.199. The van der Waals surface area contributed by atoms with E-state index in [0.717, 1.165) is 24.5 Å². The Morgan fingerprint density at radius 1 is 1.42 bits per heavy atom. The summed E-state index contributed by atoms with van der Waals surface area (Å²) in [5.74, 6) is 1.86. The number of hydrogen-bond acceptors (Lipinski definition) is 4. The number of methoxy groups -OCH3 is 1. The molecule has 1 unspecified atom stereocenters. The van der Waals surface area contributed by atoms with Crippen LogP contribution < -0.4 is 10.1 Å². The third-order valence-electron chi connectivity index (χ3n) is 3.23. The lowest BCUT2D eigenvalue weighted by Gasteiger charge is -2.17. The van der Waals surface area contributed by atoms with E-state index < -0.39 is 0 Å². The standard InChI is InChI=1S/C14H20N4O/c1-4-18-14(16-10-17-18)9-13(15-2)11-6-5-7-12(8-11)19-3/h5-8,10,13,15H,4,9H2,1-3H3. The minimum absolute atomic E-state index is 0.199. The third-order valence-corrected chi connectivity index (χ3v) is 3.23. The van der Waals surface area contributed by atoms with Crippen LogP contribution in [0.4, 0.5) is 0 Å². The highest BCUT2D eigenvalue weighted by Gasteiger charge is 2.14. The molecule has 0 aliphatic carbocycles. The molecule has 0 aliphatic heterocycles. The molecule has 2 rings (SSSR count). The van der Waals surface area contributed by atoms with Crippen LogP contribution in [0, 0.1) is 0 Å². The lowest BCUT2D eigenvalue weighted by molar-refractivity contribution is 0.413. The van der Waals surface area contributed by atoms with Gasteiger partial charge in [0.25, 0.3) is 0 Å². The first-order valence-electron chi connectivity index (χ1n) is 6.46. The normalized spacial score (nSPS) is 12.4. The molecule has 5 heteroatoms. The van der Waals surface area contributed by atoms with E-state index in [1.165, 1.54) is 5.56 Å². The van der Waals surface area contributed by atoms with Crippen LogP contribution in [-0.4, -0.2) is 28.9 Å². The lowest BCUT2D eigenvalue weighted by Crippen LogP contribution is -2.21. The lowest BCUT2D eigenvalue weighted by atomic mass is 10.0. The van der Waals surface area contributed by atoms with E-state index in [4.69, 9.17) is 4.74 Å². The zero-order valence-electron chi connectivity index (χ0n) is 11.6. The van der Waals surface area contributed by atoms with E-state index in [9.17, 15) is 0 Å². The molecule has 0 bridgehead atoms. The van der Waals surface area contributed by atoms with Crippen molar-refractivity contribution >= 4 is 0 Å². The number of benzene rings is 1. The Kier molecular flexibility index (Phi) is 4.52. The highest BCUT2D eigenvalue weighted by molar-refractivity contribution is 5.31. The van der Waals surface area contributed by atoms with Gasteiger partial charge in [-0.15, -0.1) is 0 Å². The molecule has 1 aromatic carbocycles. The van der Waals surface area contributed by atoms with Crippen LogP contribution in [0.2, 0.25) is 0 Å². The Balaban J connectivity index is 2.20. The summed E-state index contributed by atoms with van der Waals surface area (Å²) in [4.78, 5) is 4.32. The monoisotopic (exact) mass is 260 g/mol. The molecule has 0 fully saturated rings. The summed E-state index contributed by atoms with van der Waals surface area (Å²) in [5, 5.41) is 7.53. The fraction of sp³-hybridized carbons (Fsp3) is 0.429. The molecular weight excluding hydrogens is 240 g/mol. The van der Waals surface area contributed by atoms with Gasteiger partial charge < -0.3 is 10.1 Å². The molecule has 1 atom stereocenters. The second kappa shape index (κ2) is 6.33. The Morgan fingerprint density at radius 3 is 2.95 bits per heavy atom. The van der Waals surface area contributed by atoms with Crippen LogP contribution in [0.25, 0.3) is 0 Å². The molecule has 2 aromatic rings. The second-order valence-corrected chi connectivity index (χ2v) is 4.31. The van der Waals surface area contributed by atoms with Gasteiger partial charge in [0.1, 0.15) is 17.9 Å². The van der Waals surface area contributed by atoms with Gasteiger partial charge in [-0.25, -0.2) is 4.98 Å². The molecule has 1 aromatic heterocycles. The summed E-state index contributed by atoms with van der Waals surface area (Å²) in [6.07, 6.45) is 2.41. The van der Waals surface area contributed by atoms with Gasteiger partial charge in [-0.3, -0.25) is 4.68 Å². The van der Waals surface area contributed by atoms with Gasteiger partial charge in [0.2, 0.25) is 0 Å². The van der Waals surface area contributed by atoms with Crippen LogP contribution >= 0.6 is 0 Å². The number of rotatable bonds is 6. The molecule has 0 saturated carbocycles. The minimum Gasteiger partial charge on any atom is -0.497 e. The number of nitrogens with one attached hydrogen (secondary N) is 1. The molecule has 19 heavy (non-hydrogen) atoms. The Morgan fingerprint density at radius 2 is 2.26 bits per heavy atom. The van der Waals surface area contributed by atoms with Crippen molar-refractivity contribution in [2.24, 2.45) is 0 Å². The Labute approximate surface area is 113 Å². The fourth-order valence-corrected chi connectivity index (χ4v) is 2.14. The number of aryl methyl sites for hydroxylation is 1. The van der Waals surface area contributed by atoms with Gasteiger partial charge in [0.15, 0.2) is 0 Å². The second-order valence-electron chi connectivity index (χ2n) is 4.31. The maximum atomic E-state index is 5.27. The van der Waals surface area contributed by atoms with Gasteiger partial charge in [-0.05, 0) is 31.7 Å². The largest absolute Gasteiger partial charge is 0.497 e. The summed E-state index contributed by atoms with van der Waals surface area (Å²) in [6.45, 7) is 2.90. The number of hydrogen-bond donors (Lipinski definition) is 1. The first-order valence-corrected chi connectivity index (χ1v) is 6.46. The zero-order chi connectivity index (χ0) is 13.7. The van der Waals surface area contributed by atoms with Crippen LogP contribution in [0.3, 0.4) is 0 Å². The van der Waals surface area contributed by atoms with Gasteiger partial charge >= 0.3 is 0 Å². The Bertz CT molecular complexity index is 524. The molecule has 0 amide bonds. The van der Waals surface area contributed by atoms with Crippen LogP contribution in [0.5, 0.6) is 5.75 Å². The number of aromatic nitrogens is 3. The van der Waals surface area contributed by atoms with Crippen molar-refractivity contribution in [2.75, 3.05) is 14.2 Å². The van der Waals surface area contributed by atoms with Crippen LogP contribution in [0.15, 0.2) is 30.6 Å². The first kappa shape index (κ1) is 13.5. The van der Waals surface area contributed by atoms with Gasteiger partial charge in [-0.1, -0.05) is 12.1 Å². The third kappa shape index (κ3) is 3.12. The average molecular weight is 260 g/mol. The maximum Gasteiger partial charge on any atom is 0.138 e. The summed E-state index contributed by atoms with van der Waals surface area (Å²) in [6, 6.07) is 8.29. The van der Waals surface area contributed by atoms with E-state index in [1.54, 1.807) is 13.4 Å². The fourth-order valence-electron chi connectivity index (χ4n) is 2.14. The van der Waals surface area contributed by atoms with Crippen molar-refractivity contribution in [3.63, 3.8) is 0 Å². The summed E-state index contributed by atoms with van der Waals surface area (Å²) < 4.78 is 7.19. The smallest absolute Gasteiger partial charge is 0.138 e. The van der Waals surface area contributed by atoms with Gasteiger partial charge in [0, 0.05) is 19.0 Å². The molecule has 1 N–H and O–H groups in total. The van der Waals surface area contributed by atoms with E-state index in [-0.39, 0.29) is 6.04 Å². The van der Waals surface area contributed by atoms with E-state index in [2.05, 4.69) is 28.4 Å². The van der Waals surface area contributed by atoms with Crippen molar-refractivity contribution in [1.29, 1.82) is 0 Å². The van der Waals surface area contributed by atoms with Crippen molar-refractivity contribution in [3.8, 4) is 5.75 Å². The molecule has 0 saturated heterocycles. The van der Waals surface area contributed by atoms with E-state index in [0.29, 0.717) is 0 Å². The van der Waals surface area contributed by atoms with E-state index in [1.807, 2.05) is 29.9 Å². The topological polar surface area (TPSA) is 52.0 Å². The molecule has 1 heterocycles. The number of likely N-dealkylation sites (N-methyl/N-ethyl adjacent to an activating group) is 1. The van der Waals surface area contributed by atoms with Crippen LogP contribution in [0.1, 0.15) is 24.4 Å². The van der Waals surface area contributed by atoms with Gasteiger partial charge in [0.05, 0.1) is 7.11 Å². The highest BCUT2D eigenvalue weighted by atomic mass is 16.5. The van der Waals surface area contributed by atoms with E-state index >= 15 is 0 Å². The van der Waals surface area contributed by atoms with Gasteiger partial charge in [-0.2, -0.15) is 5.10 Å². The molecular formula is C14H20N4O. The van der Waals surface area contributed by atoms with Crippen LogP contribution in [-0.2, 0) is 13.0 Å². The highest BCUT2D eigenvalue weighted by Crippen LogP contribution is 2.21. The summed E-state index contributed by atoms with van der Waals surface area (Å²) >= 11 is 0. The van der Waals surface area contributed by atoms with Crippen molar-refractivity contribution in [2.45, 2.75) is 25.9 Å². The Hall–Kier alpha value is -1.88. The predicted octanol–water partition coefficient (Wildman–Crippen LogP) is 1.81. The van der Waals surface area contributed by atoms with Crippen molar-refractivity contribution in [3.05, 3.63) is 42.0 Å². The summed E-state index contributed by atoms with van der Waals surface area (Å²) in [7, 11) is 3.64. The zero-order valence-corrected chi connectivity index (χ0v) is 11.6. The van der Waals surface area contributed by atoms with Crippen molar-refractivity contribution < 1.29 is 4.74 Å².